The number of benzene rings is 2. The number of carbonyl (C=O) groups excluding carboxylic acids is 4. The van der Waals surface area contributed by atoms with Crippen molar-refractivity contribution < 1.29 is 33.0 Å². The molecule has 0 aliphatic carbocycles. The van der Waals surface area contributed by atoms with Crippen molar-refractivity contribution in [3.05, 3.63) is 59.4 Å². The molecule has 8 heteroatoms. The lowest BCUT2D eigenvalue weighted by molar-refractivity contribution is -0.143. The third kappa shape index (κ3) is 4.89. The van der Waals surface area contributed by atoms with Crippen LogP contribution in [0.15, 0.2) is 42.5 Å². The van der Waals surface area contributed by atoms with Crippen LogP contribution in [0.4, 0.5) is 10.1 Å². The molecule has 2 aromatic carbocycles. The Labute approximate surface area is 172 Å². The third-order valence-corrected chi connectivity index (χ3v) is 4.55. The van der Waals surface area contributed by atoms with Crippen LogP contribution in [0, 0.1) is 5.82 Å². The number of carbonyl (C=O) groups is 4. The molecule has 156 valence electrons. The van der Waals surface area contributed by atoms with E-state index in [1.807, 2.05) is 0 Å². The average Bonchev–Trinajstić information content (AvgIpc) is 2.74. The number of nitrogens with zero attached hydrogens (tertiary/aromatic N) is 1. The Balaban J connectivity index is 1.79. The van der Waals surface area contributed by atoms with Gasteiger partial charge >= 0.3 is 5.97 Å². The zero-order chi connectivity index (χ0) is 21.7. The van der Waals surface area contributed by atoms with Crippen LogP contribution < -0.4 is 9.64 Å². The van der Waals surface area contributed by atoms with Gasteiger partial charge in [-0.2, -0.15) is 0 Å². The molecule has 0 unspecified atom stereocenters. The molecule has 0 N–H and O–H groups in total. The van der Waals surface area contributed by atoms with Crippen LogP contribution in [0.2, 0.25) is 0 Å². The van der Waals surface area contributed by atoms with E-state index in [1.165, 1.54) is 35.2 Å². The molecule has 1 heterocycles. The normalized spacial score (nSPS) is 12.7. The van der Waals surface area contributed by atoms with Crippen molar-refractivity contribution in [2.24, 2.45) is 0 Å². The molecule has 0 aromatic heterocycles. The summed E-state index contributed by atoms with van der Waals surface area (Å²) in [5.41, 5.74) is 0.846. The molecule has 0 radical (unpaired) electrons. The molecule has 0 fully saturated rings. The van der Waals surface area contributed by atoms with Crippen LogP contribution in [-0.2, 0) is 14.3 Å². The summed E-state index contributed by atoms with van der Waals surface area (Å²) in [6.07, 6.45) is -0.0904. The maximum atomic E-state index is 13.1. The molecule has 3 rings (SSSR count). The molecule has 0 saturated heterocycles. The fourth-order valence-electron chi connectivity index (χ4n) is 3.01. The first-order valence-electron chi connectivity index (χ1n) is 9.44. The number of anilines is 1. The Hall–Kier alpha value is -3.55. The van der Waals surface area contributed by atoms with Crippen LogP contribution in [0.3, 0.4) is 0 Å². The predicted molar refractivity (Wildman–Crippen MR) is 105 cm³/mol. The fraction of sp³-hybridized carbons (Fsp3) is 0.273. The second-order valence-electron chi connectivity index (χ2n) is 6.61. The van der Waals surface area contributed by atoms with Crippen LogP contribution in [0.25, 0.3) is 0 Å². The minimum absolute atomic E-state index is 0.0407. The van der Waals surface area contributed by atoms with Gasteiger partial charge in [0.05, 0.1) is 25.3 Å². The minimum atomic E-state index is -0.467. The first kappa shape index (κ1) is 21.2. The predicted octanol–water partition coefficient (Wildman–Crippen LogP) is 2.96. The van der Waals surface area contributed by atoms with Gasteiger partial charge in [-0.05, 0) is 49.4 Å². The number of hydrogen-bond donors (Lipinski definition) is 0. The number of hydrogen-bond acceptors (Lipinski definition) is 6. The number of amides is 1. The number of fused-ring (bicyclic) bond motifs is 1. The van der Waals surface area contributed by atoms with Crippen molar-refractivity contribution in [2.75, 3.05) is 24.7 Å². The largest absolute Gasteiger partial charge is 0.482 e. The molecule has 1 aliphatic rings. The lowest BCUT2D eigenvalue weighted by atomic mass is 10.0. The van der Waals surface area contributed by atoms with Gasteiger partial charge in [0.2, 0.25) is 0 Å². The second-order valence-corrected chi connectivity index (χ2v) is 6.61. The van der Waals surface area contributed by atoms with Crippen molar-refractivity contribution in [3.63, 3.8) is 0 Å². The zero-order valence-corrected chi connectivity index (χ0v) is 16.4. The molecule has 7 nitrogen and oxygen atoms in total. The molecule has 0 saturated carbocycles. The molecule has 0 atom stereocenters. The van der Waals surface area contributed by atoms with Crippen LogP contribution in [0.5, 0.6) is 5.75 Å². The van der Waals surface area contributed by atoms with Gasteiger partial charge in [0.25, 0.3) is 5.91 Å². The second kappa shape index (κ2) is 9.30. The van der Waals surface area contributed by atoms with E-state index in [0.717, 1.165) is 0 Å². The minimum Gasteiger partial charge on any atom is -0.482 e. The molecular weight excluding hydrogens is 393 g/mol. The number of Topliss-reactive ketones (excluding diaryl/α,β-unsaturated/α-hetero) is 2. The third-order valence-electron chi connectivity index (χ3n) is 4.55. The Bertz CT molecular complexity index is 986. The highest BCUT2D eigenvalue weighted by Crippen LogP contribution is 2.33. The van der Waals surface area contributed by atoms with Gasteiger partial charge in [-0.3, -0.25) is 24.1 Å². The molecule has 1 amide bonds. The summed E-state index contributed by atoms with van der Waals surface area (Å²) in [4.78, 5) is 50.1. The van der Waals surface area contributed by atoms with Crippen LogP contribution in [-0.4, -0.2) is 43.2 Å². The van der Waals surface area contributed by atoms with Gasteiger partial charge < -0.3 is 9.47 Å². The molecule has 0 spiro atoms. The van der Waals surface area contributed by atoms with Gasteiger partial charge in [-0.15, -0.1) is 0 Å². The van der Waals surface area contributed by atoms with Crippen molar-refractivity contribution >= 4 is 29.1 Å². The maximum Gasteiger partial charge on any atom is 0.306 e. The van der Waals surface area contributed by atoms with E-state index in [0.29, 0.717) is 11.4 Å². The Morgan fingerprint density at radius 3 is 2.43 bits per heavy atom. The first-order valence-corrected chi connectivity index (χ1v) is 9.44. The summed E-state index contributed by atoms with van der Waals surface area (Å²) >= 11 is 0. The molecule has 1 aliphatic heterocycles. The number of esters is 1. The zero-order valence-electron chi connectivity index (χ0n) is 16.4. The maximum absolute atomic E-state index is 13.1. The highest BCUT2D eigenvalue weighted by molar-refractivity contribution is 6.08. The Morgan fingerprint density at radius 2 is 1.73 bits per heavy atom. The summed E-state index contributed by atoms with van der Waals surface area (Å²) in [6.45, 7) is 1.41. The lowest BCUT2D eigenvalue weighted by Gasteiger charge is -2.29. The summed E-state index contributed by atoms with van der Waals surface area (Å²) in [5.74, 6) is -1.68. The smallest absolute Gasteiger partial charge is 0.306 e. The van der Waals surface area contributed by atoms with E-state index < -0.39 is 17.7 Å². The molecular formula is C22H20FNO6. The standard InChI is InChI=1S/C22H20FNO6/c1-2-29-22(28)10-8-18(25)15-5-9-20-17(11-15)24(21(27)13-30-20)12-19(26)14-3-6-16(23)7-4-14/h3-7,9,11H,2,8,10,12-13H2,1H3. The van der Waals surface area contributed by atoms with E-state index in [-0.39, 0.29) is 55.3 Å². The van der Waals surface area contributed by atoms with Gasteiger partial charge in [-0.25, -0.2) is 4.39 Å². The Morgan fingerprint density at radius 1 is 1.03 bits per heavy atom. The van der Waals surface area contributed by atoms with Crippen molar-refractivity contribution in [3.8, 4) is 5.75 Å². The van der Waals surface area contributed by atoms with Crippen LogP contribution >= 0.6 is 0 Å². The molecule has 30 heavy (non-hydrogen) atoms. The van der Waals surface area contributed by atoms with E-state index in [1.54, 1.807) is 19.1 Å². The quantitative estimate of drug-likeness (QED) is 0.488. The van der Waals surface area contributed by atoms with Gasteiger partial charge in [-0.1, -0.05) is 0 Å². The summed E-state index contributed by atoms with van der Waals surface area (Å²) in [5, 5.41) is 0. The number of halogens is 1. The highest BCUT2D eigenvalue weighted by atomic mass is 19.1. The average molecular weight is 413 g/mol. The Kier molecular flexibility index (Phi) is 6.56. The van der Waals surface area contributed by atoms with E-state index in [4.69, 9.17) is 9.47 Å². The van der Waals surface area contributed by atoms with E-state index in [2.05, 4.69) is 0 Å². The lowest BCUT2D eigenvalue weighted by Crippen LogP contribution is -2.42. The fourth-order valence-corrected chi connectivity index (χ4v) is 3.01. The summed E-state index contributed by atoms with van der Waals surface area (Å²) in [6, 6.07) is 9.59. The SMILES string of the molecule is CCOC(=O)CCC(=O)c1ccc2c(c1)N(CC(=O)c1ccc(F)cc1)C(=O)CO2. The van der Waals surface area contributed by atoms with Crippen molar-refractivity contribution in [1.29, 1.82) is 0 Å². The highest BCUT2D eigenvalue weighted by Gasteiger charge is 2.28. The topological polar surface area (TPSA) is 90.0 Å². The summed E-state index contributed by atoms with van der Waals surface area (Å²) < 4.78 is 23.3. The molecule has 2 aromatic rings. The van der Waals surface area contributed by atoms with Gasteiger partial charge in [0, 0.05) is 17.5 Å². The molecule has 0 bridgehead atoms. The number of ketones is 2. The van der Waals surface area contributed by atoms with E-state index in [9.17, 15) is 23.6 Å². The van der Waals surface area contributed by atoms with Gasteiger partial charge in [0.15, 0.2) is 18.2 Å². The van der Waals surface area contributed by atoms with E-state index >= 15 is 0 Å². The van der Waals surface area contributed by atoms with Gasteiger partial charge in [0.1, 0.15) is 11.6 Å². The first-order chi connectivity index (χ1) is 14.4. The number of ether oxygens (including phenoxy) is 2. The summed E-state index contributed by atoms with van der Waals surface area (Å²) in [7, 11) is 0. The number of rotatable bonds is 8. The van der Waals surface area contributed by atoms with Crippen molar-refractivity contribution in [1.82, 2.24) is 0 Å². The van der Waals surface area contributed by atoms with Crippen LogP contribution in [0.1, 0.15) is 40.5 Å². The van der Waals surface area contributed by atoms with Crippen molar-refractivity contribution in [2.45, 2.75) is 19.8 Å². The monoisotopic (exact) mass is 413 g/mol.